The van der Waals surface area contributed by atoms with E-state index in [1.807, 2.05) is 0 Å². The number of thiophene rings is 2. The average molecular weight is 364 g/mol. The van der Waals surface area contributed by atoms with Gasteiger partial charge in [-0.1, -0.05) is 36.4 Å². The molecule has 0 saturated carbocycles. The van der Waals surface area contributed by atoms with Crippen LogP contribution in [-0.4, -0.2) is 0 Å². The summed E-state index contributed by atoms with van der Waals surface area (Å²) in [7, 11) is 0. The van der Waals surface area contributed by atoms with E-state index in [0.29, 0.717) is 0 Å². The molecule has 4 heteroatoms. The van der Waals surface area contributed by atoms with Crippen LogP contribution in [0, 0.1) is 0 Å². The quantitative estimate of drug-likeness (QED) is 0.635. The van der Waals surface area contributed by atoms with Gasteiger partial charge in [-0.15, -0.1) is 22.7 Å². The standard InChI is InChI=1S/C16H14BrNS2/c17-15-9-12(11-20-15)10-18-16(14-7-4-8-19-14)13-5-2-1-3-6-13/h1-9,11,16,18H,10H2. The van der Waals surface area contributed by atoms with E-state index in [1.165, 1.54) is 19.8 Å². The van der Waals surface area contributed by atoms with Crippen LogP contribution < -0.4 is 5.32 Å². The number of hydrogen-bond acceptors (Lipinski definition) is 3. The molecule has 0 spiro atoms. The van der Waals surface area contributed by atoms with Gasteiger partial charge in [-0.05, 0) is 49.9 Å². The van der Waals surface area contributed by atoms with Gasteiger partial charge < -0.3 is 5.32 Å². The molecule has 1 nitrogen and oxygen atoms in total. The molecule has 0 aliphatic carbocycles. The van der Waals surface area contributed by atoms with E-state index in [1.54, 1.807) is 22.7 Å². The molecule has 0 radical (unpaired) electrons. The molecule has 1 aromatic carbocycles. The van der Waals surface area contributed by atoms with Crippen LogP contribution in [0.25, 0.3) is 0 Å². The Morgan fingerprint density at radius 2 is 1.90 bits per heavy atom. The molecular weight excluding hydrogens is 350 g/mol. The van der Waals surface area contributed by atoms with Crippen LogP contribution in [0.2, 0.25) is 0 Å². The first-order chi connectivity index (χ1) is 9.83. The molecule has 2 heterocycles. The van der Waals surface area contributed by atoms with Crippen LogP contribution in [0.1, 0.15) is 22.0 Å². The summed E-state index contributed by atoms with van der Waals surface area (Å²) in [6.07, 6.45) is 0. The van der Waals surface area contributed by atoms with Crippen LogP contribution >= 0.6 is 38.6 Å². The topological polar surface area (TPSA) is 12.0 Å². The Hall–Kier alpha value is -0.940. The maximum Gasteiger partial charge on any atom is 0.0701 e. The zero-order valence-electron chi connectivity index (χ0n) is 10.8. The van der Waals surface area contributed by atoms with Gasteiger partial charge in [-0.25, -0.2) is 0 Å². The SMILES string of the molecule is Brc1cc(CNC(c2ccccc2)c2cccs2)cs1. The van der Waals surface area contributed by atoms with Gasteiger partial charge in [-0.3, -0.25) is 0 Å². The zero-order chi connectivity index (χ0) is 13.8. The third-order valence-electron chi connectivity index (χ3n) is 3.09. The number of hydrogen-bond donors (Lipinski definition) is 1. The molecular formula is C16H14BrNS2. The Morgan fingerprint density at radius 3 is 2.55 bits per heavy atom. The molecule has 0 aliphatic rings. The molecule has 102 valence electrons. The number of nitrogens with one attached hydrogen (secondary N) is 1. The van der Waals surface area contributed by atoms with Crippen molar-refractivity contribution in [1.82, 2.24) is 5.32 Å². The highest BCUT2D eigenvalue weighted by molar-refractivity contribution is 9.11. The summed E-state index contributed by atoms with van der Waals surface area (Å²) >= 11 is 7.04. The van der Waals surface area contributed by atoms with Crippen molar-refractivity contribution in [2.75, 3.05) is 0 Å². The zero-order valence-corrected chi connectivity index (χ0v) is 14.0. The van der Waals surface area contributed by atoms with Gasteiger partial charge in [0.1, 0.15) is 0 Å². The minimum Gasteiger partial charge on any atom is -0.301 e. The maximum absolute atomic E-state index is 3.66. The van der Waals surface area contributed by atoms with Gasteiger partial charge in [0, 0.05) is 11.4 Å². The second-order valence-corrected chi connectivity index (χ2v) is 7.77. The Labute approximate surface area is 135 Å². The first kappa shape index (κ1) is 14.0. The molecule has 0 aliphatic heterocycles. The molecule has 1 N–H and O–H groups in total. The molecule has 2 aromatic heterocycles. The maximum atomic E-state index is 3.66. The number of benzene rings is 1. The first-order valence-corrected chi connectivity index (χ1v) is 8.93. The highest BCUT2D eigenvalue weighted by atomic mass is 79.9. The highest BCUT2D eigenvalue weighted by Crippen LogP contribution is 2.27. The van der Waals surface area contributed by atoms with Gasteiger partial charge in [-0.2, -0.15) is 0 Å². The monoisotopic (exact) mass is 363 g/mol. The van der Waals surface area contributed by atoms with Gasteiger partial charge in [0.05, 0.1) is 9.83 Å². The van der Waals surface area contributed by atoms with Crippen molar-refractivity contribution in [2.45, 2.75) is 12.6 Å². The third kappa shape index (κ3) is 3.38. The third-order valence-corrected chi connectivity index (χ3v) is 5.58. The lowest BCUT2D eigenvalue weighted by Crippen LogP contribution is -2.20. The van der Waals surface area contributed by atoms with E-state index in [0.717, 1.165) is 6.54 Å². The minimum absolute atomic E-state index is 0.259. The fourth-order valence-corrected chi connectivity index (χ4v) is 4.18. The van der Waals surface area contributed by atoms with Crippen molar-refractivity contribution in [1.29, 1.82) is 0 Å². The summed E-state index contributed by atoms with van der Waals surface area (Å²) in [6.45, 7) is 0.875. The lowest BCUT2D eigenvalue weighted by molar-refractivity contribution is 0.614. The number of halogens is 1. The fraction of sp³-hybridized carbons (Fsp3) is 0.125. The summed E-state index contributed by atoms with van der Waals surface area (Å²) in [5, 5.41) is 7.99. The predicted octanol–water partition coefficient (Wildman–Crippen LogP) is 5.45. The highest BCUT2D eigenvalue weighted by Gasteiger charge is 2.14. The minimum atomic E-state index is 0.259. The Balaban J connectivity index is 1.80. The Morgan fingerprint density at radius 1 is 1.05 bits per heavy atom. The van der Waals surface area contributed by atoms with Crippen molar-refractivity contribution < 1.29 is 0 Å². The molecule has 3 rings (SSSR count). The van der Waals surface area contributed by atoms with Crippen LogP contribution in [0.4, 0.5) is 0 Å². The smallest absolute Gasteiger partial charge is 0.0701 e. The van der Waals surface area contributed by atoms with E-state index in [4.69, 9.17) is 0 Å². The largest absolute Gasteiger partial charge is 0.301 e. The fourth-order valence-electron chi connectivity index (χ4n) is 2.14. The second-order valence-electron chi connectivity index (χ2n) is 4.50. The molecule has 0 fully saturated rings. The lowest BCUT2D eigenvalue weighted by Gasteiger charge is -2.17. The summed E-state index contributed by atoms with van der Waals surface area (Å²) in [5.41, 5.74) is 2.63. The van der Waals surface area contributed by atoms with Crippen molar-refractivity contribution in [3.05, 3.63) is 79.1 Å². The van der Waals surface area contributed by atoms with Crippen molar-refractivity contribution in [3.8, 4) is 0 Å². The first-order valence-electron chi connectivity index (χ1n) is 6.37. The average Bonchev–Trinajstić information content (AvgIpc) is 3.12. The second kappa shape index (κ2) is 6.68. The van der Waals surface area contributed by atoms with Crippen LogP contribution in [0.3, 0.4) is 0 Å². The summed E-state index contributed by atoms with van der Waals surface area (Å²) in [6, 6.07) is 17.4. The lowest BCUT2D eigenvalue weighted by atomic mass is 10.1. The molecule has 1 unspecified atom stereocenters. The van der Waals surface area contributed by atoms with E-state index in [-0.39, 0.29) is 6.04 Å². The van der Waals surface area contributed by atoms with E-state index in [2.05, 4.69) is 80.5 Å². The molecule has 0 bridgehead atoms. The van der Waals surface area contributed by atoms with Gasteiger partial charge >= 0.3 is 0 Å². The number of rotatable bonds is 5. The van der Waals surface area contributed by atoms with Crippen molar-refractivity contribution in [2.24, 2.45) is 0 Å². The molecule has 0 amide bonds. The van der Waals surface area contributed by atoms with Crippen molar-refractivity contribution >= 4 is 38.6 Å². The van der Waals surface area contributed by atoms with Gasteiger partial charge in [0.15, 0.2) is 0 Å². The van der Waals surface area contributed by atoms with Gasteiger partial charge in [0.2, 0.25) is 0 Å². The van der Waals surface area contributed by atoms with Crippen LogP contribution in [0.15, 0.2) is 63.1 Å². The molecule has 1 atom stereocenters. The Kier molecular flexibility index (Phi) is 4.68. The Bertz CT molecular complexity index is 646. The van der Waals surface area contributed by atoms with Crippen molar-refractivity contribution in [3.63, 3.8) is 0 Å². The normalized spacial score (nSPS) is 12.4. The van der Waals surface area contributed by atoms with E-state index in [9.17, 15) is 0 Å². The molecule has 20 heavy (non-hydrogen) atoms. The molecule has 3 aromatic rings. The summed E-state index contributed by atoms with van der Waals surface area (Å²) in [5.74, 6) is 0. The predicted molar refractivity (Wildman–Crippen MR) is 91.5 cm³/mol. The van der Waals surface area contributed by atoms with Crippen LogP contribution in [0.5, 0.6) is 0 Å². The van der Waals surface area contributed by atoms with E-state index < -0.39 is 0 Å². The van der Waals surface area contributed by atoms with Crippen LogP contribution in [-0.2, 0) is 6.54 Å². The van der Waals surface area contributed by atoms with Gasteiger partial charge in [0.25, 0.3) is 0 Å². The summed E-state index contributed by atoms with van der Waals surface area (Å²) < 4.78 is 1.18. The molecule has 0 saturated heterocycles. The van der Waals surface area contributed by atoms with E-state index >= 15 is 0 Å². The summed E-state index contributed by atoms with van der Waals surface area (Å²) in [4.78, 5) is 1.35.